The summed E-state index contributed by atoms with van der Waals surface area (Å²) >= 11 is 0. The van der Waals surface area contributed by atoms with Crippen LogP contribution in [0.1, 0.15) is 16.7 Å². The molecule has 2 heterocycles. The van der Waals surface area contributed by atoms with Crippen molar-refractivity contribution in [1.29, 1.82) is 0 Å². The monoisotopic (exact) mass is 445 g/mol. The summed E-state index contributed by atoms with van der Waals surface area (Å²) in [6, 6.07) is 19.4. The lowest BCUT2D eigenvalue weighted by molar-refractivity contribution is 0.148. The third-order valence-electron chi connectivity index (χ3n) is 6.12. The SMILES string of the molecule is CN=C(NCCc1ccc(-n2cccn2)cc1)NCc1ccc(CN2CCN(C)CC2)cc1. The highest BCUT2D eigenvalue weighted by molar-refractivity contribution is 5.79. The van der Waals surface area contributed by atoms with Gasteiger partial charge in [-0.05, 0) is 48.4 Å². The molecule has 0 saturated carbocycles. The van der Waals surface area contributed by atoms with Gasteiger partial charge >= 0.3 is 0 Å². The molecule has 3 aromatic rings. The molecule has 0 bridgehead atoms. The summed E-state index contributed by atoms with van der Waals surface area (Å²) in [4.78, 5) is 9.28. The number of nitrogens with zero attached hydrogens (tertiary/aromatic N) is 5. The van der Waals surface area contributed by atoms with E-state index in [1.54, 1.807) is 6.20 Å². The zero-order valence-electron chi connectivity index (χ0n) is 19.7. The third-order valence-corrected chi connectivity index (χ3v) is 6.12. The molecule has 1 saturated heterocycles. The summed E-state index contributed by atoms with van der Waals surface area (Å²) in [5.74, 6) is 0.824. The topological polar surface area (TPSA) is 60.7 Å². The number of piperazine rings is 1. The van der Waals surface area contributed by atoms with Crippen LogP contribution in [0.15, 0.2) is 72.0 Å². The lowest BCUT2D eigenvalue weighted by atomic mass is 10.1. The van der Waals surface area contributed by atoms with E-state index in [4.69, 9.17) is 0 Å². The van der Waals surface area contributed by atoms with Gasteiger partial charge in [0.05, 0.1) is 5.69 Å². The standard InChI is InChI=1S/C26H35N7/c1-27-26(28-14-12-22-8-10-25(11-9-22)33-15-3-13-30-33)29-20-23-4-6-24(7-5-23)21-32-18-16-31(2)17-19-32/h3-11,13,15H,12,14,16-21H2,1-2H3,(H2,27,28,29). The van der Waals surface area contributed by atoms with Crippen molar-refractivity contribution in [3.05, 3.63) is 83.7 Å². The van der Waals surface area contributed by atoms with Crippen molar-refractivity contribution in [2.24, 2.45) is 4.99 Å². The van der Waals surface area contributed by atoms with E-state index in [-0.39, 0.29) is 0 Å². The van der Waals surface area contributed by atoms with Gasteiger partial charge in [0.1, 0.15) is 0 Å². The smallest absolute Gasteiger partial charge is 0.191 e. The summed E-state index contributed by atoms with van der Waals surface area (Å²) in [6.07, 6.45) is 4.67. The van der Waals surface area contributed by atoms with Gasteiger partial charge in [0.15, 0.2) is 5.96 Å². The van der Waals surface area contributed by atoms with Gasteiger partial charge in [-0.25, -0.2) is 4.68 Å². The van der Waals surface area contributed by atoms with Crippen LogP contribution in [0.4, 0.5) is 0 Å². The van der Waals surface area contributed by atoms with Gasteiger partial charge in [-0.15, -0.1) is 0 Å². The minimum absolute atomic E-state index is 0.757. The van der Waals surface area contributed by atoms with E-state index >= 15 is 0 Å². The van der Waals surface area contributed by atoms with Crippen LogP contribution in [-0.2, 0) is 19.5 Å². The van der Waals surface area contributed by atoms with Gasteiger partial charge in [-0.3, -0.25) is 9.89 Å². The van der Waals surface area contributed by atoms with Crippen LogP contribution in [0.5, 0.6) is 0 Å². The molecule has 1 aromatic heterocycles. The van der Waals surface area contributed by atoms with Gasteiger partial charge in [0, 0.05) is 65.3 Å². The molecule has 2 N–H and O–H groups in total. The number of rotatable bonds is 8. The molecule has 1 aliphatic rings. The average Bonchev–Trinajstić information content (AvgIpc) is 3.39. The maximum Gasteiger partial charge on any atom is 0.191 e. The predicted molar refractivity (Wildman–Crippen MR) is 135 cm³/mol. The summed E-state index contributed by atoms with van der Waals surface area (Å²) in [6.45, 7) is 7.23. The van der Waals surface area contributed by atoms with E-state index in [9.17, 15) is 0 Å². The van der Waals surface area contributed by atoms with Crippen molar-refractivity contribution >= 4 is 5.96 Å². The number of nitrogens with one attached hydrogen (secondary N) is 2. The zero-order chi connectivity index (χ0) is 22.9. The number of benzene rings is 2. The van der Waals surface area contributed by atoms with Crippen molar-refractivity contribution in [1.82, 2.24) is 30.2 Å². The van der Waals surface area contributed by atoms with Crippen LogP contribution in [0.3, 0.4) is 0 Å². The van der Waals surface area contributed by atoms with Crippen LogP contribution in [0, 0.1) is 0 Å². The molecule has 174 valence electrons. The summed E-state index contributed by atoms with van der Waals surface area (Å²) in [7, 11) is 4.01. The molecule has 0 unspecified atom stereocenters. The third kappa shape index (κ3) is 6.91. The van der Waals surface area contributed by atoms with E-state index in [1.807, 2.05) is 24.0 Å². The Kier molecular flexibility index (Phi) is 8.11. The Hall–Kier alpha value is -3.16. The molecule has 0 atom stereocenters. The first-order valence-corrected chi connectivity index (χ1v) is 11.7. The normalized spacial score (nSPS) is 15.5. The van der Waals surface area contributed by atoms with Gasteiger partial charge in [0.25, 0.3) is 0 Å². The lowest BCUT2D eigenvalue weighted by Gasteiger charge is -2.32. The molecule has 2 aromatic carbocycles. The first kappa shape index (κ1) is 23.0. The minimum Gasteiger partial charge on any atom is -0.356 e. The fraction of sp³-hybridized carbons (Fsp3) is 0.385. The Morgan fingerprint density at radius 3 is 2.27 bits per heavy atom. The van der Waals surface area contributed by atoms with Crippen LogP contribution >= 0.6 is 0 Å². The number of hydrogen-bond donors (Lipinski definition) is 2. The number of hydrogen-bond acceptors (Lipinski definition) is 4. The fourth-order valence-corrected chi connectivity index (χ4v) is 4.00. The maximum atomic E-state index is 4.36. The number of guanidine groups is 1. The number of aromatic nitrogens is 2. The average molecular weight is 446 g/mol. The Morgan fingerprint density at radius 1 is 0.909 bits per heavy atom. The Labute approximate surface area is 197 Å². The largest absolute Gasteiger partial charge is 0.356 e. The van der Waals surface area contributed by atoms with Crippen molar-refractivity contribution in [3.63, 3.8) is 0 Å². The molecule has 0 radical (unpaired) electrons. The van der Waals surface area contributed by atoms with E-state index in [1.165, 1.54) is 16.7 Å². The predicted octanol–water partition coefficient (Wildman–Crippen LogP) is 2.53. The molecule has 7 nitrogen and oxygen atoms in total. The van der Waals surface area contributed by atoms with Gasteiger partial charge in [0.2, 0.25) is 0 Å². The molecule has 0 spiro atoms. The highest BCUT2D eigenvalue weighted by Crippen LogP contribution is 2.10. The summed E-state index contributed by atoms with van der Waals surface area (Å²) < 4.78 is 1.87. The van der Waals surface area contributed by atoms with Gasteiger partial charge in [-0.2, -0.15) is 5.10 Å². The van der Waals surface area contributed by atoms with Crippen LogP contribution in [-0.4, -0.2) is 72.4 Å². The number of aliphatic imine (C=N–C) groups is 1. The second-order valence-corrected chi connectivity index (χ2v) is 8.62. The molecule has 4 rings (SSSR count). The molecule has 33 heavy (non-hydrogen) atoms. The van der Waals surface area contributed by atoms with Crippen molar-refractivity contribution in [2.75, 3.05) is 46.8 Å². The lowest BCUT2D eigenvalue weighted by Crippen LogP contribution is -2.43. The Balaban J connectivity index is 1.18. The van der Waals surface area contributed by atoms with E-state index in [2.05, 4.69) is 86.1 Å². The summed E-state index contributed by atoms with van der Waals surface area (Å²) in [5, 5.41) is 11.1. The molecule has 0 amide bonds. The second-order valence-electron chi connectivity index (χ2n) is 8.62. The van der Waals surface area contributed by atoms with E-state index < -0.39 is 0 Å². The maximum absolute atomic E-state index is 4.36. The molecular formula is C26H35N7. The van der Waals surface area contributed by atoms with Gasteiger partial charge in [-0.1, -0.05) is 36.4 Å². The number of likely N-dealkylation sites (N-methyl/N-ethyl adjacent to an activating group) is 1. The Bertz CT molecular complexity index is 986. The van der Waals surface area contributed by atoms with Crippen molar-refractivity contribution in [2.45, 2.75) is 19.5 Å². The highest BCUT2D eigenvalue weighted by atomic mass is 15.3. The first-order chi connectivity index (χ1) is 16.2. The zero-order valence-corrected chi connectivity index (χ0v) is 19.7. The second kappa shape index (κ2) is 11.6. The van der Waals surface area contributed by atoms with E-state index in [0.29, 0.717) is 0 Å². The van der Waals surface area contributed by atoms with Gasteiger partial charge < -0.3 is 15.5 Å². The van der Waals surface area contributed by atoms with Crippen molar-refractivity contribution in [3.8, 4) is 5.69 Å². The molecule has 0 aliphatic carbocycles. The molecule has 1 fully saturated rings. The van der Waals surface area contributed by atoms with Crippen LogP contribution in [0.25, 0.3) is 5.69 Å². The fourth-order valence-electron chi connectivity index (χ4n) is 4.00. The van der Waals surface area contributed by atoms with E-state index in [0.717, 1.165) is 63.9 Å². The molecular weight excluding hydrogens is 410 g/mol. The van der Waals surface area contributed by atoms with Crippen molar-refractivity contribution < 1.29 is 0 Å². The quantitative estimate of drug-likeness (QED) is 0.412. The Morgan fingerprint density at radius 2 is 1.61 bits per heavy atom. The molecule has 7 heteroatoms. The van der Waals surface area contributed by atoms with Crippen LogP contribution < -0.4 is 10.6 Å². The minimum atomic E-state index is 0.757. The summed E-state index contributed by atoms with van der Waals surface area (Å²) in [5.41, 5.74) is 4.99. The van der Waals surface area contributed by atoms with Crippen LogP contribution in [0.2, 0.25) is 0 Å². The highest BCUT2D eigenvalue weighted by Gasteiger charge is 2.13. The molecule has 1 aliphatic heterocycles. The first-order valence-electron chi connectivity index (χ1n) is 11.7.